The summed E-state index contributed by atoms with van der Waals surface area (Å²) in [5.41, 5.74) is 5.37. The number of ether oxygens (including phenoxy) is 1. The van der Waals surface area contributed by atoms with Crippen molar-refractivity contribution in [1.29, 1.82) is 0 Å². The van der Waals surface area contributed by atoms with E-state index in [-0.39, 0.29) is 11.3 Å². The van der Waals surface area contributed by atoms with Crippen LogP contribution in [0.3, 0.4) is 0 Å². The maximum absolute atomic E-state index is 12.1. The Morgan fingerprint density at radius 2 is 2.18 bits per heavy atom. The molecule has 0 aromatic rings. The van der Waals surface area contributed by atoms with Gasteiger partial charge in [-0.2, -0.15) is 0 Å². The van der Waals surface area contributed by atoms with Crippen LogP contribution in [0.25, 0.3) is 0 Å². The molecule has 1 heterocycles. The predicted octanol–water partition coefficient (Wildman–Crippen LogP) is 1.29. The van der Waals surface area contributed by atoms with Crippen molar-refractivity contribution in [1.82, 2.24) is 5.32 Å². The van der Waals surface area contributed by atoms with Crippen LogP contribution < -0.4 is 11.1 Å². The van der Waals surface area contributed by atoms with Crippen molar-refractivity contribution in [3.8, 4) is 0 Å². The van der Waals surface area contributed by atoms with Gasteiger partial charge in [0.05, 0.1) is 5.41 Å². The van der Waals surface area contributed by atoms with E-state index in [4.69, 9.17) is 10.5 Å². The summed E-state index contributed by atoms with van der Waals surface area (Å²) >= 11 is 0. The minimum atomic E-state index is -0.369. The first-order chi connectivity index (χ1) is 8.18. The first kappa shape index (κ1) is 14.5. The van der Waals surface area contributed by atoms with Crippen molar-refractivity contribution >= 4 is 5.91 Å². The Morgan fingerprint density at radius 1 is 1.47 bits per heavy atom. The van der Waals surface area contributed by atoms with Crippen LogP contribution >= 0.6 is 0 Å². The Labute approximate surface area is 104 Å². The minimum absolute atomic E-state index is 0.115. The van der Waals surface area contributed by atoms with E-state index in [2.05, 4.69) is 5.32 Å². The van der Waals surface area contributed by atoms with Gasteiger partial charge in [0.15, 0.2) is 0 Å². The van der Waals surface area contributed by atoms with Gasteiger partial charge in [-0.3, -0.25) is 4.79 Å². The van der Waals surface area contributed by atoms with Gasteiger partial charge in [-0.1, -0.05) is 13.8 Å². The highest BCUT2D eigenvalue weighted by Crippen LogP contribution is 2.25. The second-order valence-corrected chi connectivity index (χ2v) is 4.97. The van der Waals surface area contributed by atoms with E-state index in [1.807, 2.05) is 13.8 Å². The fourth-order valence-electron chi connectivity index (χ4n) is 2.34. The predicted molar refractivity (Wildman–Crippen MR) is 68.6 cm³/mol. The van der Waals surface area contributed by atoms with E-state index in [0.717, 1.165) is 45.4 Å². The highest BCUT2D eigenvalue weighted by atomic mass is 16.5. The molecule has 1 unspecified atom stereocenters. The normalized spacial score (nSPS) is 20.5. The zero-order chi connectivity index (χ0) is 12.7. The number of rotatable bonds is 7. The molecule has 1 aliphatic rings. The highest BCUT2D eigenvalue weighted by molar-refractivity contribution is 5.82. The molecule has 0 aromatic carbocycles. The van der Waals surface area contributed by atoms with E-state index < -0.39 is 0 Å². The summed E-state index contributed by atoms with van der Waals surface area (Å²) in [6, 6.07) is 0. The lowest BCUT2D eigenvalue weighted by atomic mass is 9.81. The van der Waals surface area contributed by atoms with Crippen molar-refractivity contribution in [2.24, 2.45) is 17.1 Å². The molecule has 100 valence electrons. The monoisotopic (exact) mass is 242 g/mol. The second kappa shape index (κ2) is 6.97. The average molecular weight is 242 g/mol. The Bertz CT molecular complexity index is 225. The molecule has 0 aliphatic carbocycles. The van der Waals surface area contributed by atoms with E-state index in [1.54, 1.807) is 0 Å². The highest BCUT2D eigenvalue weighted by Gasteiger charge is 2.33. The van der Waals surface area contributed by atoms with Gasteiger partial charge in [-0.15, -0.1) is 0 Å². The molecule has 0 radical (unpaired) electrons. The molecule has 0 bridgehead atoms. The Hall–Kier alpha value is -0.610. The Morgan fingerprint density at radius 3 is 2.65 bits per heavy atom. The molecule has 4 nitrogen and oxygen atoms in total. The van der Waals surface area contributed by atoms with Gasteiger partial charge in [0, 0.05) is 26.3 Å². The molecule has 3 N–H and O–H groups in total. The second-order valence-electron chi connectivity index (χ2n) is 4.97. The van der Waals surface area contributed by atoms with E-state index in [0.29, 0.717) is 12.5 Å². The fourth-order valence-corrected chi connectivity index (χ4v) is 2.34. The molecule has 1 fully saturated rings. The lowest BCUT2D eigenvalue weighted by Gasteiger charge is -2.28. The lowest BCUT2D eigenvalue weighted by molar-refractivity contribution is -0.131. The minimum Gasteiger partial charge on any atom is -0.381 e. The van der Waals surface area contributed by atoms with Gasteiger partial charge in [-0.05, 0) is 31.6 Å². The van der Waals surface area contributed by atoms with Crippen molar-refractivity contribution < 1.29 is 9.53 Å². The molecule has 1 saturated heterocycles. The van der Waals surface area contributed by atoms with Gasteiger partial charge in [0.25, 0.3) is 0 Å². The van der Waals surface area contributed by atoms with Crippen LogP contribution in [0.15, 0.2) is 0 Å². The summed E-state index contributed by atoms with van der Waals surface area (Å²) in [7, 11) is 0. The SMILES string of the molecule is CCC(CC)(CN)C(=O)NCCC1CCOC1. The molecule has 0 aromatic heterocycles. The molecule has 1 amide bonds. The lowest BCUT2D eigenvalue weighted by Crippen LogP contribution is -2.45. The van der Waals surface area contributed by atoms with Crippen molar-refractivity contribution in [3.05, 3.63) is 0 Å². The number of nitrogens with one attached hydrogen (secondary N) is 1. The number of carbonyl (C=O) groups excluding carboxylic acids is 1. The van der Waals surface area contributed by atoms with Gasteiger partial charge in [-0.25, -0.2) is 0 Å². The standard InChI is InChI=1S/C13H26N2O2/c1-3-13(4-2,10-14)12(16)15-7-5-11-6-8-17-9-11/h11H,3-10,14H2,1-2H3,(H,15,16). The fraction of sp³-hybridized carbons (Fsp3) is 0.923. The molecule has 1 rings (SSSR count). The van der Waals surface area contributed by atoms with E-state index in [1.165, 1.54) is 0 Å². The third kappa shape index (κ3) is 3.68. The first-order valence-corrected chi connectivity index (χ1v) is 6.74. The number of nitrogens with two attached hydrogens (primary N) is 1. The molecule has 1 atom stereocenters. The van der Waals surface area contributed by atoms with Crippen LogP contribution in [-0.4, -0.2) is 32.2 Å². The van der Waals surface area contributed by atoms with Gasteiger partial charge in [0.2, 0.25) is 5.91 Å². The zero-order valence-corrected chi connectivity index (χ0v) is 11.1. The van der Waals surface area contributed by atoms with Crippen LogP contribution in [0.5, 0.6) is 0 Å². The van der Waals surface area contributed by atoms with Crippen molar-refractivity contribution in [2.45, 2.75) is 39.5 Å². The van der Waals surface area contributed by atoms with Crippen LogP contribution in [0.2, 0.25) is 0 Å². The number of hydrogen-bond donors (Lipinski definition) is 2. The summed E-state index contributed by atoms with van der Waals surface area (Å²) in [5.74, 6) is 0.731. The topological polar surface area (TPSA) is 64.4 Å². The Balaban J connectivity index is 2.31. The van der Waals surface area contributed by atoms with Gasteiger partial charge >= 0.3 is 0 Å². The Kier molecular flexibility index (Phi) is 5.92. The quantitative estimate of drug-likeness (QED) is 0.707. The molecular weight excluding hydrogens is 216 g/mol. The average Bonchev–Trinajstić information content (AvgIpc) is 2.85. The number of amides is 1. The smallest absolute Gasteiger partial charge is 0.227 e. The summed E-state index contributed by atoms with van der Waals surface area (Å²) in [6.07, 6.45) is 3.75. The van der Waals surface area contributed by atoms with Crippen LogP contribution in [0, 0.1) is 11.3 Å². The van der Waals surface area contributed by atoms with E-state index >= 15 is 0 Å². The summed E-state index contributed by atoms with van der Waals surface area (Å²) in [4.78, 5) is 12.1. The van der Waals surface area contributed by atoms with Crippen LogP contribution in [0.4, 0.5) is 0 Å². The number of hydrogen-bond acceptors (Lipinski definition) is 3. The zero-order valence-electron chi connectivity index (χ0n) is 11.1. The van der Waals surface area contributed by atoms with E-state index in [9.17, 15) is 4.79 Å². The molecule has 17 heavy (non-hydrogen) atoms. The van der Waals surface area contributed by atoms with Crippen molar-refractivity contribution in [2.75, 3.05) is 26.3 Å². The van der Waals surface area contributed by atoms with Crippen LogP contribution in [0.1, 0.15) is 39.5 Å². The van der Waals surface area contributed by atoms with Gasteiger partial charge in [0.1, 0.15) is 0 Å². The molecular formula is C13H26N2O2. The third-order valence-corrected chi connectivity index (χ3v) is 4.09. The summed E-state index contributed by atoms with van der Waals surface area (Å²) < 4.78 is 5.31. The summed E-state index contributed by atoms with van der Waals surface area (Å²) in [5, 5.41) is 3.03. The molecule has 4 heteroatoms. The van der Waals surface area contributed by atoms with Gasteiger partial charge < -0.3 is 15.8 Å². The molecule has 0 saturated carbocycles. The summed E-state index contributed by atoms with van der Waals surface area (Å²) in [6.45, 7) is 6.95. The van der Waals surface area contributed by atoms with Crippen LogP contribution in [-0.2, 0) is 9.53 Å². The van der Waals surface area contributed by atoms with Crippen molar-refractivity contribution in [3.63, 3.8) is 0 Å². The largest absolute Gasteiger partial charge is 0.381 e. The maximum atomic E-state index is 12.1. The maximum Gasteiger partial charge on any atom is 0.227 e. The molecule has 0 spiro atoms. The third-order valence-electron chi connectivity index (χ3n) is 4.09. The number of carbonyl (C=O) groups is 1. The molecule has 1 aliphatic heterocycles. The first-order valence-electron chi connectivity index (χ1n) is 6.74.